The maximum atomic E-state index is 12.5. The van der Waals surface area contributed by atoms with Crippen molar-refractivity contribution in [3.63, 3.8) is 0 Å². The summed E-state index contributed by atoms with van der Waals surface area (Å²) in [5.74, 6) is 1.03. The van der Waals surface area contributed by atoms with Crippen LogP contribution in [0.25, 0.3) is 10.9 Å². The number of benzene rings is 1. The number of nitrogens with zero attached hydrogens (tertiary/aromatic N) is 4. The van der Waals surface area contributed by atoms with Crippen LogP contribution in [0.5, 0.6) is 0 Å². The lowest BCUT2D eigenvalue weighted by Gasteiger charge is -2.05. The summed E-state index contributed by atoms with van der Waals surface area (Å²) in [6, 6.07) is 5.83. The largest absolute Gasteiger partial charge is 0.337 e. The highest BCUT2D eigenvalue weighted by Crippen LogP contribution is 2.11. The van der Waals surface area contributed by atoms with Crippen LogP contribution in [0.3, 0.4) is 0 Å². The topological polar surface area (TPSA) is 85.8 Å². The first-order valence-corrected chi connectivity index (χ1v) is 7.52. The first-order chi connectivity index (χ1) is 11.1. The van der Waals surface area contributed by atoms with Crippen molar-refractivity contribution in [1.29, 1.82) is 0 Å². The first-order valence-electron chi connectivity index (χ1n) is 7.52. The van der Waals surface area contributed by atoms with Gasteiger partial charge < -0.3 is 9.84 Å². The van der Waals surface area contributed by atoms with Crippen LogP contribution >= 0.6 is 12.4 Å². The Labute approximate surface area is 145 Å². The molecule has 7 nitrogen and oxygen atoms in total. The molecule has 8 heteroatoms. The SMILES string of the molecule is CNC(C)Cc1noc(Cn2cnc3c(C)cccc3c2=O)n1.Cl. The van der Waals surface area contributed by atoms with E-state index in [0.29, 0.717) is 23.5 Å². The fraction of sp³-hybridized carbons (Fsp3) is 0.375. The van der Waals surface area contributed by atoms with Crippen molar-refractivity contribution in [3.05, 3.63) is 52.2 Å². The molecule has 128 valence electrons. The Bertz CT molecular complexity index is 890. The summed E-state index contributed by atoms with van der Waals surface area (Å²) < 4.78 is 6.72. The predicted octanol–water partition coefficient (Wildman–Crippen LogP) is 1.71. The van der Waals surface area contributed by atoms with Crippen LogP contribution in [0.1, 0.15) is 24.2 Å². The van der Waals surface area contributed by atoms with Crippen molar-refractivity contribution in [3.8, 4) is 0 Å². The number of halogens is 1. The van der Waals surface area contributed by atoms with Gasteiger partial charge >= 0.3 is 0 Å². The minimum absolute atomic E-state index is 0. The van der Waals surface area contributed by atoms with Gasteiger partial charge in [-0.15, -0.1) is 12.4 Å². The maximum absolute atomic E-state index is 12.5. The van der Waals surface area contributed by atoms with E-state index >= 15 is 0 Å². The van der Waals surface area contributed by atoms with Crippen molar-refractivity contribution in [2.24, 2.45) is 0 Å². The minimum atomic E-state index is -0.109. The summed E-state index contributed by atoms with van der Waals surface area (Å²) in [4.78, 5) is 21.2. The number of hydrogen-bond acceptors (Lipinski definition) is 6. The number of fused-ring (bicyclic) bond motifs is 1. The lowest BCUT2D eigenvalue weighted by molar-refractivity contribution is 0.363. The van der Waals surface area contributed by atoms with E-state index in [2.05, 4.69) is 20.4 Å². The lowest BCUT2D eigenvalue weighted by Crippen LogP contribution is -2.24. The first kappa shape index (κ1) is 18.1. The average molecular weight is 350 g/mol. The standard InChI is InChI=1S/C16H19N5O2.ClH/c1-10-5-4-6-12-15(10)18-9-21(16(12)22)8-14-19-13(20-23-14)7-11(2)17-3;/h4-6,9,11,17H,7-8H2,1-3H3;1H. The van der Waals surface area contributed by atoms with Crippen LogP contribution in [0.2, 0.25) is 0 Å². The molecule has 1 unspecified atom stereocenters. The second kappa shape index (κ2) is 7.55. The Morgan fingerprint density at radius 2 is 2.17 bits per heavy atom. The molecule has 3 rings (SSSR count). The van der Waals surface area contributed by atoms with Crippen molar-refractivity contribution >= 4 is 23.3 Å². The van der Waals surface area contributed by atoms with Crippen LogP contribution in [-0.2, 0) is 13.0 Å². The zero-order chi connectivity index (χ0) is 16.4. The molecule has 1 atom stereocenters. The Morgan fingerprint density at radius 3 is 2.92 bits per heavy atom. The highest BCUT2D eigenvalue weighted by Gasteiger charge is 2.12. The van der Waals surface area contributed by atoms with E-state index in [0.717, 1.165) is 11.1 Å². The summed E-state index contributed by atoms with van der Waals surface area (Å²) in [7, 11) is 1.88. The molecule has 0 amide bonds. The van der Waals surface area contributed by atoms with Crippen molar-refractivity contribution < 1.29 is 4.52 Å². The molecule has 0 aliphatic heterocycles. The van der Waals surface area contributed by atoms with Gasteiger partial charge in [0.2, 0.25) is 5.89 Å². The molecule has 0 spiro atoms. The minimum Gasteiger partial charge on any atom is -0.337 e. The Kier molecular flexibility index (Phi) is 5.69. The van der Waals surface area contributed by atoms with Crippen LogP contribution < -0.4 is 10.9 Å². The fourth-order valence-corrected chi connectivity index (χ4v) is 2.41. The smallest absolute Gasteiger partial charge is 0.261 e. The molecule has 24 heavy (non-hydrogen) atoms. The van der Waals surface area contributed by atoms with E-state index in [1.807, 2.05) is 33.0 Å². The van der Waals surface area contributed by atoms with Gasteiger partial charge in [-0.2, -0.15) is 4.98 Å². The highest BCUT2D eigenvalue weighted by atomic mass is 35.5. The molecule has 2 heterocycles. The van der Waals surface area contributed by atoms with E-state index in [9.17, 15) is 4.79 Å². The maximum Gasteiger partial charge on any atom is 0.261 e. The highest BCUT2D eigenvalue weighted by molar-refractivity contribution is 5.85. The van der Waals surface area contributed by atoms with Gasteiger partial charge in [-0.05, 0) is 32.5 Å². The van der Waals surface area contributed by atoms with Gasteiger partial charge in [-0.25, -0.2) is 4.98 Å². The van der Waals surface area contributed by atoms with E-state index in [-0.39, 0.29) is 30.6 Å². The van der Waals surface area contributed by atoms with Gasteiger partial charge in [0.1, 0.15) is 6.54 Å². The molecular weight excluding hydrogens is 330 g/mol. The Hall–Kier alpha value is -2.25. The molecule has 0 radical (unpaired) electrons. The number of rotatable bonds is 5. The quantitative estimate of drug-likeness (QED) is 0.754. The van der Waals surface area contributed by atoms with E-state index in [4.69, 9.17) is 4.52 Å². The number of nitrogens with one attached hydrogen (secondary N) is 1. The summed E-state index contributed by atoms with van der Waals surface area (Å²) in [6.45, 7) is 4.19. The second-order valence-electron chi connectivity index (χ2n) is 5.65. The normalized spacial score (nSPS) is 12.1. The molecule has 1 N–H and O–H groups in total. The number of likely N-dealkylation sites (N-methyl/N-ethyl adjacent to an activating group) is 1. The average Bonchev–Trinajstić information content (AvgIpc) is 2.97. The lowest BCUT2D eigenvalue weighted by atomic mass is 10.1. The Balaban J connectivity index is 0.00000208. The fourth-order valence-electron chi connectivity index (χ4n) is 2.41. The van der Waals surface area contributed by atoms with Crippen LogP contribution in [0, 0.1) is 6.92 Å². The molecule has 0 saturated carbocycles. The molecule has 0 saturated heterocycles. The summed E-state index contributed by atoms with van der Waals surface area (Å²) in [6.07, 6.45) is 2.20. The van der Waals surface area contributed by atoms with E-state index in [1.54, 1.807) is 6.07 Å². The molecule has 1 aromatic carbocycles. The molecule has 0 aliphatic carbocycles. The number of aryl methyl sites for hydroxylation is 1. The molecule has 2 aromatic heterocycles. The van der Waals surface area contributed by atoms with Crippen molar-refractivity contribution in [2.75, 3.05) is 7.05 Å². The van der Waals surface area contributed by atoms with Crippen molar-refractivity contribution in [1.82, 2.24) is 25.0 Å². The predicted molar refractivity (Wildman–Crippen MR) is 93.6 cm³/mol. The number of para-hydroxylation sites is 1. The third-order valence-corrected chi connectivity index (χ3v) is 3.85. The van der Waals surface area contributed by atoms with Gasteiger partial charge in [-0.1, -0.05) is 17.3 Å². The van der Waals surface area contributed by atoms with Crippen LogP contribution in [-0.4, -0.2) is 32.8 Å². The molecule has 3 aromatic rings. The summed E-state index contributed by atoms with van der Waals surface area (Å²) in [5, 5.41) is 7.66. The Morgan fingerprint density at radius 1 is 1.38 bits per heavy atom. The zero-order valence-corrected chi connectivity index (χ0v) is 14.6. The summed E-state index contributed by atoms with van der Waals surface area (Å²) in [5.41, 5.74) is 1.60. The molecule has 0 fully saturated rings. The zero-order valence-electron chi connectivity index (χ0n) is 13.8. The van der Waals surface area contributed by atoms with Crippen molar-refractivity contribution in [2.45, 2.75) is 32.9 Å². The van der Waals surface area contributed by atoms with Crippen LogP contribution in [0.15, 0.2) is 33.8 Å². The van der Waals surface area contributed by atoms with Gasteiger partial charge in [0.15, 0.2) is 5.82 Å². The van der Waals surface area contributed by atoms with E-state index in [1.165, 1.54) is 10.9 Å². The summed E-state index contributed by atoms with van der Waals surface area (Å²) >= 11 is 0. The van der Waals surface area contributed by atoms with Gasteiger partial charge in [0.25, 0.3) is 5.56 Å². The van der Waals surface area contributed by atoms with E-state index < -0.39 is 0 Å². The molecule has 0 aliphatic rings. The van der Waals surface area contributed by atoms with Crippen LogP contribution in [0.4, 0.5) is 0 Å². The second-order valence-corrected chi connectivity index (χ2v) is 5.65. The number of aromatic nitrogens is 4. The molecule has 0 bridgehead atoms. The third-order valence-electron chi connectivity index (χ3n) is 3.85. The van der Waals surface area contributed by atoms with Gasteiger partial charge in [0.05, 0.1) is 17.2 Å². The molecular formula is C16H20ClN5O2. The van der Waals surface area contributed by atoms with Gasteiger partial charge in [0, 0.05) is 12.5 Å². The van der Waals surface area contributed by atoms with Gasteiger partial charge in [-0.3, -0.25) is 9.36 Å². The monoisotopic (exact) mass is 349 g/mol. The number of hydrogen-bond donors (Lipinski definition) is 1. The third kappa shape index (κ3) is 3.63.